The Morgan fingerprint density at radius 1 is 1.46 bits per heavy atom. The summed E-state index contributed by atoms with van der Waals surface area (Å²) in [5.74, 6) is 0.713. The third kappa shape index (κ3) is 7.51. The van der Waals surface area contributed by atoms with Crippen molar-refractivity contribution in [3.8, 4) is 5.75 Å². The Labute approximate surface area is 177 Å². The van der Waals surface area contributed by atoms with Crippen LogP contribution in [-0.4, -0.2) is 45.1 Å². The van der Waals surface area contributed by atoms with Gasteiger partial charge in [-0.1, -0.05) is 15.9 Å². The molecule has 0 aliphatic carbocycles. The van der Waals surface area contributed by atoms with Gasteiger partial charge in [0.15, 0.2) is 15.8 Å². The summed E-state index contributed by atoms with van der Waals surface area (Å²) in [4.78, 5) is 4.36. The number of guanidine groups is 1. The summed E-state index contributed by atoms with van der Waals surface area (Å²) >= 11 is 3.29. The van der Waals surface area contributed by atoms with Gasteiger partial charge in [0.05, 0.1) is 18.1 Å². The highest BCUT2D eigenvalue weighted by molar-refractivity contribution is 14.0. The molecule has 1 saturated heterocycles. The van der Waals surface area contributed by atoms with Crippen LogP contribution in [0.1, 0.15) is 18.9 Å². The number of aliphatic imine (C=N–C) groups is 1. The number of sulfone groups is 1. The maximum atomic E-state index is 12.5. The van der Waals surface area contributed by atoms with Gasteiger partial charge in [-0.15, -0.1) is 24.0 Å². The molecule has 1 heterocycles. The normalized spacial score (nSPS) is 19.1. The highest BCUT2D eigenvalue weighted by atomic mass is 127. The molecule has 1 aliphatic heterocycles. The number of alkyl halides is 2. The predicted octanol–water partition coefficient (Wildman–Crippen LogP) is 2.91. The van der Waals surface area contributed by atoms with Gasteiger partial charge in [-0.2, -0.15) is 8.78 Å². The van der Waals surface area contributed by atoms with Crippen LogP contribution in [0.4, 0.5) is 8.78 Å². The molecule has 1 aromatic rings. The van der Waals surface area contributed by atoms with Crippen molar-refractivity contribution in [2.24, 2.45) is 4.99 Å². The van der Waals surface area contributed by atoms with Crippen LogP contribution in [0.25, 0.3) is 0 Å². The molecule has 6 nitrogen and oxygen atoms in total. The molecule has 1 aromatic carbocycles. The van der Waals surface area contributed by atoms with Crippen molar-refractivity contribution < 1.29 is 21.9 Å². The van der Waals surface area contributed by atoms with Crippen LogP contribution < -0.4 is 15.4 Å². The molecule has 2 N–H and O–H groups in total. The molecule has 1 atom stereocenters. The Morgan fingerprint density at radius 3 is 2.77 bits per heavy atom. The first-order chi connectivity index (χ1) is 11.8. The van der Waals surface area contributed by atoms with Gasteiger partial charge >= 0.3 is 6.61 Å². The second-order valence-electron chi connectivity index (χ2n) is 5.57. The van der Waals surface area contributed by atoms with E-state index in [4.69, 9.17) is 0 Å². The maximum absolute atomic E-state index is 12.5. The van der Waals surface area contributed by atoms with E-state index in [1.165, 1.54) is 6.07 Å². The maximum Gasteiger partial charge on any atom is 0.387 e. The van der Waals surface area contributed by atoms with Gasteiger partial charge in [0.25, 0.3) is 0 Å². The Morgan fingerprint density at radius 2 is 2.19 bits per heavy atom. The fourth-order valence-corrected chi connectivity index (χ4v) is 4.55. The summed E-state index contributed by atoms with van der Waals surface area (Å²) in [6.07, 6.45) is 0.517. The van der Waals surface area contributed by atoms with Gasteiger partial charge < -0.3 is 15.4 Å². The summed E-state index contributed by atoms with van der Waals surface area (Å²) < 4.78 is 53.4. The molecule has 0 bridgehead atoms. The molecule has 26 heavy (non-hydrogen) atoms. The molecule has 2 rings (SSSR count). The minimum Gasteiger partial charge on any atom is -0.434 e. The molecular formula is C15H21BrF2IN3O3S. The molecule has 0 radical (unpaired) electrons. The molecule has 0 saturated carbocycles. The number of hydrogen-bond donors (Lipinski definition) is 2. The Kier molecular flexibility index (Phi) is 9.51. The van der Waals surface area contributed by atoms with Gasteiger partial charge in [-0.25, -0.2) is 13.4 Å². The lowest BCUT2D eigenvalue weighted by Gasteiger charge is -2.16. The first-order valence-electron chi connectivity index (χ1n) is 7.77. The van der Waals surface area contributed by atoms with Crippen LogP contribution in [0.5, 0.6) is 5.75 Å². The Balaban J connectivity index is 0.00000338. The number of nitrogens with zero attached hydrogens (tertiary/aromatic N) is 1. The molecule has 11 heteroatoms. The van der Waals surface area contributed by atoms with Gasteiger partial charge in [0, 0.05) is 22.6 Å². The third-order valence-electron chi connectivity index (χ3n) is 3.56. The van der Waals surface area contributed by atoms with Crippen molar-refractivity contribution >= 4 is 55.7 Å². The molecule has 0 spiro atoms. The highest BCUT2D eigenvalue weighted by Crippen LogP contribution is 2.25. The third-order valence-corrected chi connectivity index (χ3v) is 5.82. The molecule has 0 amide bonds. The predicted molar refractivity (Wildman–Crippen MR) is 111 cm³/mol. The lowest BCUT2D eigenvalue weighted by molar-refractivity contribution is -0.0504. The van der Waals surface area contributed by atoms with Gasteiger partial charge in [0.2, 0.25) is 0 Å². The van der Waals surface area contributed by atoms with Crippen LogP contribution in [0.15, 0.2) is 27.7 Å². The minimum absolute atomic E-state index is 0. The fraction of sp³-hybridized carbons (Fsp3) is 0.533. The number of ether oxygens (including phenoxy) is 1. The monoisotopic (exact) mass is 567 g/mol. The second kappa shape index (κ2) is 10.6. The van der Waals surface area contributed by atoms with E-state index in [2.05, 4.69) is 36.3 Å². The van der Waals surface area contributed by atoms with Crippen LogP contribution in [0, 0.1) is 0 Å². The van der Waals surface area contributed by atoms with E-state index < -0.39 is 16.4 Å². The molecule has 1 aliphatic rings. The molecule has 1 unspecified atom stereocenters. The van der Waals surface area contributed by atoms with Crippen molar-refractivity contribution in [3.05, 3.63) is 28.2 Å². The number of hydrogen-bond acceptors (Lipinski definition) is 4. The average Bonchev–Trinajstić information content (AvgIpc) is 2.86. The number of nitrogens with one attached hydrogen (secondary N) is 2. The summed E-state index contributed by atoms with van der Waals surface area (Å²) in [6, 6.07) is 4.51. The number of rotatable bonds is 6. The SMILES string of the molecule is CCNC(=NCc1cc(Br)ccc1OC(F)F)NC1CCS(=O)(=O)C1.I. The largest absolute Gasteiger partial charge is 0.434 e. The minimum atomic E-state index is -3.00. The molecule has 0 aromatic heterocycles. The van der Waals surface area contributed by atoms with Crippen LogP contribution in [0.3, 0.4) is 0 Å². The summed E-state index contributed by atoms with van der Waals surface area (Å²) in [6.45, 7) is -0.341. The number of benzene rings is 1. The van der Waals surface area contributed by atoms with E-state index in [1.807, 2.05) is 6.92 Å². The smallest absolute Gasteiger partial charge is 0.387 e. The van der Waals surface area contributed by atoms with Crippen molar-refractivity contribution in [1.29, 1.82) is 0 Å². The zero-order chi connectivity index (χ0) is 18.4. The van der Waals surface area contributed by atoms with E-state index in [9.17, 15) is 17.2 Å². The zero-order valence-electron chi connectivity index (χ0n) is 14.0. The van der Waals surface area contributed by atoms with Crippen LogP contribution in [-0.2, 0) is 16.4 Å². The average molecular weight is 568 g/mol. The molecule has 148 valence electrons. The standard InChI is InChI=1S/C15H20BrF2N3O3S.HI/c1-2-19-15(21-12-5-6-25(22,23)9-12)20-8-10-7-11(16)3-4-13(10)24-14(17)18;/h3-4,7,12,14H,2,5-6,8-9H2,1H3,(H2,19,20,21);1H. The lowest BCUT2D eigenvalue weighted by Crippen LogP contribution is -2.44. The summed E-state index contributed by atoms with van der Waals surface area (Å²) in [5.41, 5.74) is 0.492. The number of halogens is 4. The van der Waals surface area contributed by atoms with Gasteiger partial charge in [-0.05, 0) is 31.5 Å². The fourth-order valence-electron chi connectivity index (χ4n) is 2.47. The Hall–Kier alpha value is -0.690. The summed E-state index contributed by atoms with van der Waals surface area (Å²) in [7, 11) is -3.00. The van der Waals surface area contributed by atoms with Gasteiger partial charge in [0.1, 0.15) is 5.75 Å². The van der Waals surface area contributed by atoms with Crippen molar-refractivity contribution in [3.63, 3.8) is 0 Å². The quantitative estimate of drug-likeness (QED) is 0.314. The van der Waals surface area contributed by atoms with E-state index in [-0.39, 0.29) is 53.8 Å². The second-order valence-corrected chi connectivity index (χ2v) is 8.71. The van der Waals surface area contributed by atoms with Crippen LogP contribution >= 0.6 is 39.9 Å². The van der Waals surface area contributed by atoms with Gasteiger partial charge in [-0.3, -0.25) is 0 Å². The molecular weight excluding hydrogens is 547 g/mol. The van der Waals surface area contributed by atoms with E-state index >= 15 is 0 Å². The van der Waals surface area contributed by atoms with Crippen molar-refractivity contribution in [1.82, 2.24) is 10.6 Å². The van der Waals surface area contributed by atoms with Crippen LogP contribution in [0.2, 0.25) is 0 Å². The molecule has 1 fully saturated rings. The van der Waals surface area contributed by atoms with Crippen molar-refractivity contribution in [2.75, 3.05) is 18.1 Å². The topological polar surface area (TPSA) is 79.8 Å². The summed E-state index contributed by atoms with van der Waals surface area (Å²) in [5, 5.41) is 6.10. The van der Waals surface area contributed by atoms with E-state index in [0.29, 0.717) is 24.5 Å². The highest BCUT2D eigenvalue weighted by Gasteiger charge is 2.28. The van der Waals surface area contributed by atoms with E-state index in [1.54, 1.807) is 12.1 Å². The lowest BCUT2D eigenvalue weighted by atomic mass is 10.2. The Bertz CT molecular complexity index is 735. The zero-order valence-corrected chi connectivity index (χ0v) is 18.8. The first-order valence-corrected chi connectivity index (χ1v) is 10.4. The first kappa shape index (κ1) is 23.3. The van der Waals surface area contributed by atoms with E-state index in [0.717, 1.165) is 4.47 Å². The van der Waals surface area contributed by atoms with Crippen molar-refractivity contribution in [2.45, 2.75) is 32.5 Å².